The van der Waals surface area contributed by atoms with Crippen LogP contribution >= 0.6 is 11.8 Å². The second kappa shape index (κ2) is 7.84. The number of hydrogen-bond donors (Lipinski definition) is 0. The highest BCUT2D eigenvalue weighted by Gasteiger charge is 2.13. The third-order valence-corrected chi connectivity index (χ3v) is 4.29. The monoisotopic (exact) mass is 335 g/mol. The first kappa shape index (κ1) is 16.3. The third-order valence-electron chi connectivity index (χ3n) is 3.45. The molecule has 0 saturated carbocycles. The van der Waals surface area contributed by atoms with E-state index in [9.17, 15) is 4.79 Å². The third kappa shape index (κ3) is 4.06. The average molecular weight is 335 g/mol. The summed E-state index contributed by atoms with van der Waals surface area (Å²) in [5, 5.41) is 9.23. The summed E-state index contributed by atoms with van der Waals surface area (Å²) in [6.45, 7) is 1.59. The maximum atomic E-state index is 11.1. The molecule has 0 atom stereocenters. The van der Waals surface area contributed by atoms with Gasteiger partial charge in [0.2, 0.25) is 5.16 Å². The Morgan fingerprint density at radius 3 is 2.04 bits per heavy atom. The summed E-state index contributed by atoms with van der Waals surface area (Å²) < 4.78 is 0. The number of aromatic nitrogens is 3. The molecule has 0 fully saturated rings. The van der Waals surface area contributed by atoms with Crippen molar-refractivity contribution in [2.24, 2.45) is 0 Å². The van der Waals surface area contributed by atoms with Crippen molar-refractivity contribution in [3.05, 3.63) is 60.7 Å². The van der Waals surface area contributed by atoms with Gasteiger partial charge in [0.15, 0.2) is 0 Å². The summed E-state index contributed by atoms with van der Waals surface area (Å²) in [4.78, 5) is 15.8. The Labute approximate surface area is 145 Å². The minimum atomic E-state index is 0.166. The molecule has 1 heterocycles. The highest BCUT2D eigenvalue weighted by Crippen LogP contribution is 2.29. The van der Waals surface area contributed by atoms with Gasteiger partial charge in [0.1, 0.15) is 17.2 Å². The molecule has 0 N–H and O–H groups in total. The van der Waals surface area contributed by atoms with E-state index in [2.05, 4.69) is 10.2 Å². The molecule has 5 heteroatoms. The van der Waals surface area contributed by atoms with Crippen molar-refractivity contribution < 1.29 is 4.79 Å². The van der Waals surface area contributed by atoms with Crippen LogP contribution in [0.2, 0.25) is 0 Å². The van der Waals surface area contributed by atoms with E-state index >= 15 is 0 Å². The smallest absolute Gasteiger partial charge is 0.209 e. The van der Waals surface area contributed by atoms with Gasteiger partial charge in [0, 0.05) is 23.3 Å². The zero-order valence-corrected chi connectivity index (χ0v) is 14.2. The fourth-order valence-electron chi connectivity index (χ4n) is 2.25. The van der Waals surface area contributed by atoms with Crippen LogP contribution in [0.1, 0.15) is 13.3 Å². The van der Waals surface area contributed by atoms with Crippen molar-refractivity contribution in [1.29, 1.82) is 0 Å². The summed E-state index contributed by atoms with van der Waals surface area (Å²) in [6.07, 6.45) is 0.509. The molecule has 0 aliphatic carbocycles. The van der Waals surface area contributed by atoms with Crippen LogP contribution in [-0.2, 0) is 4.79 Å². The second-order valence-electron chi connectivity index (χ2n) is 5.32. The van der Waals surface area contributed by atoms with E-state index in [4.69, 9.17) is 4.98 Å². The largest absolute Gasteiger partial charge is 0.300 e. The predicted octanol–water partition coefficient (Wildman–Crippen LogP) is 4.28. The Bertz CT molecular complexity index is 823. The first-order valence-corrected chi connectivity index (χ1v) is 8.70. The van der Waals surface area contributed by atoms with Crippen LogP contribution < -0.4 is 0 Å². The lowest BCUT2D eigenvalue weighted by Gasteiger charge is -2.09. The minimum Gasteiger partial charge on any atom is -0.300 e. The molecule has 0 spiro atoms. The number of rotatable bonds is 6. The van der Waals surface area contributed by atoms with Gasteiger partial charge in [-0.2, -0.15) is 0 Å². The Morgan fingerprint density at radius 1 is 0.875 bits per heavy atom. The van der Waals surface area contributed by atoms with Gasteiger partial charge in [-0.3, -0.25) is 4.79 Å². The molecular weight excluding hydrogens is 318 g/mol. The average Bonchev–Trinajstić information content (AvgIpc) is 2.63. The Morgan fingerprint density at radius 2 is 1.46 bits per heavy atom. The molecule has 3 rings (SSSR count). The normalized spacial score (nSPS) is 10.5. The molecule has 4 nitrogen and oxygen atoms in total. The maximum Gasteiger partial charge on any atom is 0.209 e. The molecule has 3 aromatic rings. The van der Waals surface area contributed by atoms with Crippen molar-refractivity contribution in [3.8, 4) is 22.5 Å². The summed E-state index contributed by atoms with van der Waals surface area (Å²) in [5.74, 6) is 0.829. The number of nitrogens with zero attached hydrogens (tertiary/aromatic N) is 3. The van der Waals surface area contributed by atoms with Crippen LogP contribution in [0.4, 0.5) is 0 Å². The van der Waals surface area contributed by atoms with E-state index in [0.717, 1.165) is 22.5 Å². The minimum absolute atomic E-state index is 0.166. The molecule has 0 saturated heterocycles. The van der Waals surface area contributed by atoms with E-state index < -0.39 is 0 Å². The molecule has 0 aliphatic heterocycles. The van der Waals surface area contributed by atoms with Crippen LogP contribution in [0.15, 0.2) is 65.8 Å². The standard InChI is InChI=1S/C19H17N3OS/c1-14(23)12-13-24-19-20-17(15-8-4-2-5-9-15)18(21-22-19)16-10-6-3-7-11-16/h2-11H,12-13H2,1H3. The summed E-state index contributed by atoms with van der Waals surface area (Å²) >= 11 is 1.46. The van der Waals surface area contributed by atoms with Crippen LogP contribution in [-0.4, -0.2) is 26.7 Å². The molecular formula is C19H17N3OS. The summed E-state index contributed by atoms with van der Waals surface area (Å²) in [5.41, 5.74) is 3.55. The van der Waals surface area contributed by atoms with E-state index in [-0.39, 0.29) is 5.78 Å². The number of benzene rings is 2. The molecule has 2 aromatic carbocycles. The van der Waals surface area contributed by atoms with Crippen LogP contribution in [0.25, 0.3) is 22.5 Å². The summed E-state index contributed by atoms with van der Waals surface area (Å²) in [7, 11) is 0. The maximum absolute atomic E-state index is 11.1. The lowest BCUT2D eigenvalue weighted by atomic mass is 10.0. The topological polar surface area (TPSA) is 55.7 Å². The van der Waals surface area contributed by atoms with Crippen molar-refractivity contribution in [2.75, 3.05) is 5.75 Å². The van der Waals surface area contributed by atoms with Gasteiger partial charge in [-0.1, -0.05) is 72.4 Å². The number of carbonyl (C=O) groups excluding carboxylic acids is 1. The fraction of sp³-hybridized carbons (Fsp3) is 0.158. The Hall–Kier alpha value is -2.53. The zero-order chi connectivity index (χ0) is 16.8. The molecule has 0 unspecified atom stereocenters. The predicted molar refractivity (Wildman–Crippen MR) is 96.7 cm³/mol. The van der Waals surface area contributed by atoms with Gasteiger partial charge in [-0.05, 0) is 6.92 Å². The quantitative estimate of drug-likeness (QED) is 0.629. The molecule has 120 valence electrons. The molecule has 0 aliphatic rings. The van der Waals surface area contributed by atoms with Gasteiger partial charge in [0.25, 0.3) is 0 Å². The number of carbonyl (C=O) groups is 1. The first-order valence-electron chi connectivity index (χ1n) is 7.72. The molecule has 24 heavy (non-hydrogen) atoms. The van der Waals surface area contributed by atoms with Crippen LogP contribution in [0.5, 0.6) is 0 Å². The molecule has 1 aromatic heterocycles. The summed E-state index contributed by atoms with van der Waals surface area (Å²) in [6, 6.07) is 19.9. The highest BCUT2D eigenvalue weighted by molar-refractivity contribution is 7.99. The van der Waals surface area contributed by atoms with E-state index in [1.165, 1.54) is 11.8 Å². The van der Waals surface area contributed by atoms with Gasteiger partial charge < -0.3 is 0 Å². The number of thioether (sulfide) groups is 1. The fourth-order valence-corrected chi connectivity index (χ4v) is 3.07. The SMILES string of the molecule is CC(=O)CCSc1nnc(-c2ccccc2)c(-c2ccccc2)n1. The number of Topliss-reactive ketones (excluding diaryl/α,β-unsaturated/α-hetero) is 1. The van der Waals surface area contributed by atoms with Gasteiger partial charge >= 0.3 is 0 Å². The van der Waals surface area contributed by atoms with Crippen molar-refractivity contribution >= 4 is 17.5 Å². The van der Waals surface area contributed by atoms with Crippen molar-refractivity contribution in [1.82, 2.24) is 15.2 Å². The van der Waals surface area contributed by atoms with Crippen molar-refractivity contribution in [2.45, 2.75) is 18.5 Å². The Balaban J connectivity index is 1.98. The van der Waals surface area contributed by atoms with Gasteiger partial charge in [0.05, 0.1) is 0 Å². The van der Waals surface area contributed by atoms with E-state index in [1.807, 2.05) is 60.7 Å². The first-order chi connectivity index (χ1) is 11.7. The molecule has 0 amide bonds. The van der Waals surface area contributed by atoms with Gasteiger partial charge in [-0.25, -0.2) is 4.98 Å². The molecule has 0 radical (unpaired) electrons. The highest BCUT2D eigenvalue weighted by atomic mass is 32.2. The second-order valence-corrected chi connectivity index (χ2v) is 6.39. The zero-order valence-electron chi connectivity index (χ0n) is 13.3. The molecule has 0 bridgehead atoms. The van der Waals surface area contributed by atoms with Crippen LogP contribution in [0, 0.1) is 0 Å². The van der Waals surface area contributed by atoms with Crippen molar-refractivity contribution in [3.63, 3.8) is 0 Å². The van der Waals surface area contributed by atoms with E-state index in [1.54, 1.807) is 6.92 Å². The van der Waals surface area contributed by atoms with Crippen LogP contribution in [0.3, 0.4) is 0 Å². The Kier molecular flexibility index (Phi) is 5.33. The number of ketones is 1. The van der Waals surface area contributed by atoms with E-state index in [0.29, 0.717) is 17.3 Å². The van der Waals surface area contributed by atoms with Gasteiger partial charge in [-0.15, -0.1) is 10.2 Å². The lowest BCUT2D eigenvalue weighted by Crippen LogP contribution is -2.00. The lowest BCUT2D eigenvalue weighted by molar-refractivity contribution is -0.116. The number of hydrogen-bond acceptors (Lipinski definition) is 5.